The van der Waals surface area contributed by atoms with Crippen LogP contribution in [0.2, 0.25) is 0 Å². The average molecular weight is 502 g/mol. The normalized spacial score (nSPS) is 44.5. The first-order valence-electron chi connectivity index (χ1n) is 16.1. The first kappa shape index (κ1) is 27.4. The van der Waals surface area contributed by atoms with Gasteiger partial charge in [0.15, 0.2) is 0 Å². The highest BCUT2D eigenvalue weighted by Gasteiger charge is 2.54. The van der Waals surface area contributed by atoms with Crippen molar-refractivity contribution in [1.29, 1.82) is 0 Å². The molecule has 1 heterocycles. The summed E-state index contributed by atoms with van der Waals surface area (Å²) in [7, 11) is 0. The third-order valence-electron chi connectivity index (χ3n) is 13.5. The molecule has 1 aliphatic heterocycles. The zero-order valence-electron chi connectivity index (χ0n) is 24.2. The van der Waals surface area contributed by atoms with Crippen LogP contribution in [-0.2, 0) is 0 Å². The van der Waals surface area contributed by atoms with Gasteiger partial charge in [-0.1, -0.05) is 27.7 Å². The molecular formula is C32H59N3O. The highest BCUT2D eigenvalue weighted by molar-refractivity contribution is 5.04. The van der Waals surface area contributed by atoms with Crippen molar-refractivity contribution in [2.75, 3.05) is 32.7 Å². The summed E-state index contributed by atoms with van der Waals surface area (Å²) in [6.07, 6.45) is 16.8. The molecular weight excluding hydrogens is 442 g/mol. The van der Waals surface area contributed by atoms with E-state index in [1.807, 2.05) is 0 Å². The Hall–Kier alpha value is -0.160. The Balaban J connectivity index is 1.15. The zero-order chi connectivity index (χ0) is 25.5. The molecule has 4 saturated carbocycles. The summed E-state index contributed by atoms with van der Waals surface area (Å²) in [4.78, 5) is 2.42. The average Bonchev–Trinajstić information content (AvgIpc) is 3.65. The van der Waals surface area contributed by atoms with E-state index < -0.39 is 0 Å². The molecule has 5 fully saturated rings. The summed E-state index contributed by atoms with van der Waals surface area (Å²) in [5.41, 5.74) is 6.80. The summed E-state index contributed by atoms with van der Waals surface area (Å²) < 4.78 is 0. The number of aliphatic hydroxyl groups is 1. The van der Waals surface area contributed by atoms with E-state index >= 15 is 0 Å². The molecule has 1 saturated heterocycles. The summed E-state index contributed by atoms with van der Waals surface area (Å²) in [5.74, 6) is 6.66. The van der Waals surface area contributed by atoms with E-state index in [0.717, 1.165) is 61.1 Å². The number of nitrogens with one attached hydrogen (secondary N) is 1. The van der Waals surface area contributed by atoms with E-state index in [1.165, 1.54) is 83.6 Å². The molecule has 4 bridgehead atoms. The van der Waals surface area contributed by atoms with Gasteiger partial charge in [0.2, 0.25) is 0 Å². The number of nitrogens with zero attached hydrogens (tertiary/aromatic N) is 1. The Morgan fingerprint density at radius 2 is 1.39 bits per heavy atom. The second-order valence-corrected chi connectivity index (χ2v) is 14.9. The van der Waals surface area contributed by atoms with Gasteiger partial charge < -0.3 is 21.1 Å². The van der Waals surface area contributed by atoms with E-state index in [9.17, 15) is 5.11 Å². The maximum Gasteiger partial charge on any atom is 0.0789 e. The molecule has 0 aromatic rings. The second-order valence-electron chi connectivity index (χ2n) is 14.9. The van der Waals surface area contributed by atoms with E-state index in [0.29, 0.717) is 23.4 Å². The Kier molecular flexibility index (Phi) is 8.48. The fourth-order valence-electron chi connectivity index (χ4n) is 10.2. The minimum Gasteiger partial charge on any atom is -0.390 e. The number of likely N-dealkylation sites (tertiary alicyclic amines) is 1. The lowest BCUT2D eigenvalue weighted by molar-refractivity contribution is 0.0783. The molecule has 4 aliphatic carbocycles. The standard InChI is InChI=1S/C32H59N3O/c1-22-25-5-7-27(17-25)31(22,3)13-9-29(10-14-32(4)23(2)26-6-8-28(32)18-26)34-20-24-11-15-35(16-12-24)21-30(36)19-33/h22-30,34,36H,5-21,33H2,1-4H3. The number of hydrogen-bond acceptors (Lipinski definition) is 4. The van der Waals surface area contributed by atoms with Crippen molar-refractivity contribution < 1.29 is 5.11 Å². The smallest absolute Gasteiger partial charge is 0.0789 e. The van der Waals surface area contributed by atoms with Crippen LogP contribution in [0.1, 0.15) is 105 Å². The van der Waals surface area contributed by atoms with Crippen LogP contribution in [0.3, 0.4) is 0 Å². The van der Waals surface area contributed by atoms with Crippen LogP contribution >= 0.6 is 0 Å². The molecule has 5 aliphatic rings. The highest BCUT2D eigenvalue weighted by atomic mass is 16.3. The van der Waals surface area contributed by atoms with Crippen LogP contribution in [0.25, 0.3) is 0 Å². The number of rotatable bonds is 12. The quantitative estimate of drug-likeness (QED) is 0.322. The van der Waals surface area contributed by atoms with Gasteiger partial charge in [0.1, 0.15) is 0 Å². The van der Waals surface area contributed by atoms with Crippen molar-refractivity contribution in [3.05, 3.63) is 0 Å². The number of nitrogens with two attached hydrogens (primary N) is 1. The van der Waals surface area contributed by atoms with Gasteiger partial charge in [0, 0.05) is 19.1 Å². The maximum atomic E-state index is 9.93. The largest absolute Gasteiger partial charge is 0.390 e. The minimum atomic E-state index is -0.367. The molecule has 208 valence electrons. The van der Waals surface area contributed by atoms with Crippen LogP contribution in [0, 0.1) is 52.3 Å². The predicted molar refractivity (Wildman–Crippen MR) is 151 cm³/mol. The fraction of sp³-hybridized carbons (Fsp3) is 1.00. The van der Waals surface area contributed by atoms with Gasteiger partial charge in [0.05, 0.1) is 6.10 Å². The number of fused-ring (bicyclic) bond motifs is 4. The number of hydrogen-bond donors (Lipinski definition) is 3. The molecule has 0 spiro atoms. The van der Waals surface area contributed by atoms with Crippen LogP contribution in [-0.4, -0.2) is 54.9 Å². The summed E-state index contributed by atoms with van der Waals surface area (Å²) in [6, 6.07) is 0.688. The van der Waals surface area contributed by atoms with Gasteiger partial charge >= 0.3 is 0 Å². The molecule has 4 N–H and O–H groups in total. The van der Waals surface area contributed by atoms with Crippen LogP contribution < -0.4 is 11.1 Å². The van der Waals surface area contributed by atoms with Gasteiger partial charge in [-0.05, 0) is 149 Å². The Morgan fingerprint density at radius 3 is 1.83 bits per heavy atom. The molecule has 0 aromatic carbocycles. The molecule has 5 rings (SSSR count). The van der Waals surface area contributed by atoms with E-state index in [-0.39, 0.29) is 6.10 Å². The monoisotopic (exact) mass is 501 g/mol. The molecule has 36 heavy (non-hydrogen) atoms. The van der Waals surface area contributed by atoms with Gasteiger partial charge in [-0.2, -0.15) is 0 Å². The van der Waals surface area contributed by atoms with E-state index in [1.54, 1.807) is 0 Å². The molecule has 9 unspecified atom stereocenters. The first-order valence-corrected chi connectivity index (χ1v) is 16.1. The zero-order valence-corrected chi connectivity index (χ0v) is 24.2. The topological polar surface area (TPSA) is 61.5 Å². The number of β-amino-alcohol motifs (C(OH)–C–C–N with tert-alkyl or cyclic N) is 1. The number of piperidine rings is 1. The lowest BCUT2D eigenvalue weighted by Gasteiger charge is -2.42. The Labute approximate surface area is 222 Å². The van der Waals surface area contributed by atoms with Gasteiger partial charge in [-0.3, -0.25) is 0 Å². The molecule has 0 radical (unpaired) electrons. The summed E-state index contributed by atoms with van der Waals surface area (Å²) in [5, 5.41) is 14.1. The van der Waals surface area contributed by atoms with E-state index in [4.69, 9.17) is 5.73 Å². The SMILES string of the molecule is CC1C2CCC(C2)C1(C)CCC(CCC1(C)C2CCC(C2)C1C)NCC1CCN(CC(O)CN)CC1. The van der Waals surface area contributed by atoms with Gasteiger partial charge in [-0.15, -0.1) is 0 Å². The van der Waals surface area contributed by atoms with Crippen LogP contribution in [0.15, 0.2) is 0 Å². The summed E-state index contributed by atoms with van der Waals surface area (Å²) >= 11 is 0. The second kappa shape index (κ2) is 11.1. The van der Waals surface area contributed by atoms with Gasteiger partial charge in [-0.25, -0.2) is 0 Å². The molecule has 4 nitrogen and oxygen atoms in total. The fourth-order valence-corrected chi connectivity index (χ4v) is 10.2. The third kappa shape index (κ3) is 5.32. The lowest BCUT2D eigenvalue weighted by Crippen LogP contribution is -2.44. The molecule has 0 aromatic heterocycles. The van der Waals surface area contributed by atoms with Crippen molar-refractivity contribution in [3.63, 3.8) is 0 Å². The minimum absolute atomic E-state index is 0.367. The highest BCUT2D eigenvalue weighted by Crippen LogP contribution is 2.62. The number of aliphatic hydroxyl groups excluding tert-OH is 1. The van der Waals surface area contributed by atoms with Crippen LogP contribution in [0.5, 0.6) is 0 Å². The molecule has 9 atom stereocenters. The third-order valence-corrected chi connectivity index (χ3v) is 13.5. The Morgan fingerprint density at radius 1 is 0.861 bits per heavy atom. The van der Waals surface area contributed by atoms with Crippen molar-refractivity contribution in [2.45, 2.75) is 117 Å². The molecule has 4 heteroatoms. The Bertz CT molecular complexity index is 672. The van der Waals surface area contributed by atoms with Crippen LogP contribution in [0.4, 0.5) is 0 Å². The van der Waals surface area contributed by atoms with Crippen molar-refractivity contribution >= 4 is 0 Å². The maximum absolute atomic E-state index is 9.93. The van der Waals surface area contributed by atoms with Crippen molar-refractivity contribution in [1.82, 2.24) is 10.2 Å². The summed E-state index contributed by atoms with van der Waals surface area (Å²) in [6.45, 7) is 15.0. The van der Waals surface area contributed by atoms with E-state index in [2.05, 4.69) is 37.9 Å². The van der Waals surface area contributed by atoms with Crippen molar-refractivity contribution in [2.24, 2.45) is 58.0 Å². The molecule has 0 amide bonds. The van der Waals surface area contributed by atoms with Crippen molar-refractivity contribution in [3.8, 4) is 0 Å². The van der Waals surface area contributed by atoms with Gasteiger partial charge in [0.25, 0.3) is 0 Å². The first-order chi connectivity index (χ1) is 17.2. The lowest BCUT2D eigenvalue weighted by atomic mass is 9.64. The predicted octanol–water partition coefficient (Wildman–Crippen LogP) is 5.68.